The SMILES string of the molecule is CCCCCCCCCCCCCCC/C(C(=O)O)=C(\CCCCCCCCCCCCCCC)C(=O)O. The van der Waals surface area contributed by atoms with Crippen molar-refractivity contribution in [3.63, 3.8) is 0 Å². The van der Waals surface area contributed by atoms with Gasteiger partial charge in [0.1, 0.15) is 0 Å². The molecule has 0 aliphatic heterocycles. The summed E-state index contributed by atoms with van der Waals surface area (Å²) in [5.41, 5.74) is 0.277. The van der Waals surface area contributed by atoms with E-state index in [4.69, 9.17) is 0 Å². The second kappa shape index (κ2) is 28.7. The van der Waals surface area contributed by atoms with Crippen LogP contribution in [0.3, 0.4) is 0 Å². The van der Waals surface area contributed by atoms with Crippen LogP contribution in [0.1, 0.15) is 194 Å². The smallest absolute Gasteiger partial charge is 0.332 e. The van der Waals surface area contributed by atoms with Crippen molar-refractivity contribution in [2.75, 3.05) is 0 Å². The van der Waals surface area contributed by atoms with Gasteiger partial charge in [0.05, 0.1) is 0 Å². The average Bonchev–Trinajstić information content (AvgIpc) is 2.89. The highest BCUT2D eigenvalue weighted by molar-refractivity contribution is 5.98. The highest BCUT2D eigenvalue weighted by atomic mass is 16.4. The van der Waals surface area contributed by atoms with Crippen molar-refractivity contribution in [3.05, 3.63) is 11.1 Å². The molecule has 0 aromatic rings. The van der Waals surface area contributed by atoms with Gasteiger partial charge < -0.3 is 10.2 Å². The quantitative estimate of drug-likeness (QED) is 0.0707. The fourth-order valence-electron chi connectivity index (χ4n) is 5.41. The van der Waals surface area contributed by atoms with Crippen LogP contribution in [0.15, 0.2) is 11.1 Å². The van der Waals surface area contributed by atoms with Gasteiger partial charge in [0.25, 0.3) is 0 Å². The zero-order chi connectivity index (χ0) is 28.1. The van der Waals surface area contributed by atoms with E-state index in [1.807, 2.05) is 0 Å². The number of aliphatic carboxylic acids is 2. The molecular formula is C34H64O4. The van der Waals surface area contributed by atoms with Gasteiger partial charge in [0.15, 0.2) is 0 Å². The Labute approximate surface area is 236 Å². The summed E-state index contributed by atoms with van der Waals surface area (Å²) >= 11 is 0. The number of carboxylic acids is 2. The lowest BCUT2D eigenvalue weighted by molar-refractivity contribution is -0.136. The largest absolute Gasteiger partial charge is 0.478 e. The van der Waals surface area contributed by atoms with Crippen molar-refractivity contribution in [2.24, 2.45) is 0 Å². The zero-order valence-electron chi connectivity index (χ0n) is 25.5. The van der Waals surface area contributed by atoms with Gasteiger partial charge in [-0.2, -0.15) is 0 Å². The van der Waals surface area contributed by atoms with Crippen LogP contribution in [-0.4, -0.2) is 22.2 Å². The molecule has 224 valence electrons. The molecule has 0 aromatic heterocycles. The lowest BCUT2D eigenvalue weighted by atomic mass is 9.96. The fraction of sp³-hybridized carbons (Fsp3) is 0.882. The van der Waals surface area contributed by atoms with Gasteiger partial charge in [0, 0.05) is 11.1 Å². The van der Waals surface area contributed by atoms with E-state index in [2.05, 4.69) is 13.8 Å². The van der Waals surface area contributed by atoms with Crippen LogP contribution in [0.25, 0.3) is 0 Å². The van der Waals surface area contributed by atoms with Gasteiger partial charge in [-0.3, -0.25) is 0 Å². The number of unbranched alkanes of at least 4 members (excludes halogenated alkanes) is 24. The number of hydrogen-bond acceptors (Lipinski definition) is 2. The molecule has 4 heteroatoms. The Bertz CT molecular complexity index is 531. The molecule has 0 fully saturated rings. The van der Waals surface area contributed by atoms with Crippen molar-refractivity contribution in [2.45, 2.75) is 194 Å². The highest BCUT2D eigenvalue weighted by Gasteiger charge is 2.19. The molecule has 2 N–H and O–H groups in total. The maximum Gasteiger partial charge on any atom is 0.332 e. The average molecular weight is 537 g/mol. The maximum absolute atomic E-state index is 11.8. The Hall–Kier alpha value is -1.32. The van der Waals surface area contributed by atoms with Gasteiger partial charge in [-0.1, -0.05) is 168 Å². The van der Waals surface area contributed by atoms with Gasteiger partial charge in [-0.05, 0) is 25.7 Å². The predicted molar refractivity (Wildman–Crippen MR) is 163 cm³/mol. The minimum absolute atomic E-state index is 0.138. The third-order valence-corrected chi connectivity index (χ3v) is 7.94. The summed E-state index contributed by atoms with van der Waals surface area (Å²) in [6.45, 7) is 4.51. The third kappa shape index (κ3) is 23.8. The van der Waals surface area contributed by atoms with Gasteiger partial charge in [0.2, 0.25) is 0 Å². The van der Waals surface area contributed by atoms with Crippen LogP contribution in [0.5, 0.6) is 0 Å². The Kier molecular flexibility index (Phi) is 27.7. The topological polar surface area (TPSA) is 74.6 Å². The summed E-state index contributed by atoms with van der Waals surface area (Å²) in [5.74, 6) is -2.09. The first-order valence-corrected chi connectivity index (χ1v) is 16.7. The molecular weight excluding hydrogens is 472 g/mol. The van der Waals surface area contributed by atoms with Crippen LogP contribution >= 0.6 is 0 Å². The van der Waals surface area contributed by atoms with Crippen molar-refractivity contribution in [1.82, 2.24) is 0 Å². The van der Waals surface area contributed by atoms with Crippen molar-refractivity contribution in [1.29, 1.82) is 0 Å². The van der Waals surface area contributed by atoms with Crippen molar-refractivity contribution in [3.8, 4) is 0 Å². The minimum atomic E-state index is -1.05. The second-order valence-electron chi connectivity index (χ2n) is 11.6. The molecule has 0 aliphatic carbocycles. The standard InChI is InChI=1S/C34H64O4/c1-3-5-7-9-11-13-15-17-19-21-23-25-27-29-31(33(35)36)32(34(37)38)30-28-26-24-22-20-18-16-14-12-10-8-6-4-2/h3-30H2,1-2H3,(H,35,36)(H,37,38)/b32-31-. The summed E-state index contributed by atoms with van der Waals surface area (Å²) in [4.78, 5) is 23.6. The van der Waals surface area contributed by atoms with Crippen LogP contribution in [-0.2, 0) is 9.59 Å². The van der Waals surface area contributed by atoms with Crippen LogP contribution in [0.2, 0.25) is 0 Å². The molecule has 0 aromatic carbocycles. The molecule has 0 spiro atoms. The molecule has 0 rings (SSSR count). The van der Waals surface area contributed by atoms with E-state index in [0.717, 1.165) is 38.5 Å². The molecule has 0 atom stereocenters. The first-order valence-electron chi connectivity index (χ1n) is 16.7. The molecule has 0 saturated carbocycles. The second-order valence-corrected chi connectivity index (χ2v) is 11.6. The van der Waals surface area contributed by atoms with Gasteiger partial charge in [-0.25, -0.2) is 9.59 Å². The van der Waals surface area contributed by atoms with Crippen LogP contribution < -0.4 is 0 Å². The fourth-order valence-corrected chi connectivity index (χ4v) is 5.41. The Morgan fingerprint density at radius 3 is 0.711 bits per heavy atom. The van der Waals surface area contributed by atoms with E-state index in [0.29, 0.717) is 12.8 Å². The first kappa shape index (κ1) is 36.7. The Balaban J connectivity index is 3.95. The van der Waals surface area contributed by atoms with E-state index in [1.54, 1.807) is 0 Å². The van der Waals surface area contributed by atoms with E-state index >= 15 is 0 Å². The maximum atomic E-state index is 11.8. The number of carbonyl (C=O) groups is 2. The number of rotatable bonds is 30. The normalized spacial score (nSPS) is 12.1. The summed E-state index contributed by atoms with van der Waals surface area (Å²) in [6, 6.07) is 0. The van der Waals surface area contributed by atoms with E-state index in [9.17, 15) is 19.8 Å². The van der Waals surface area contributed by atoms with E-state index < -0.39 is 11.9 Å². The van der Waals surface area contributed by atoms with Crippen molar-refractivity contribution < 1.29 is 19.8 Å². The zero-order valence-corrected chi connectivity index (χ0v) is 25.5. The predicted octanol–water partition coefficient (Wildman–Crippen LogP) is 11.4. The third-order valence-electron chi connectivity index (χ3n) is 7.94. The summed E-state index contributed by atoms with van der Waals surface area (Å²) < 4.78 is 0. The molecule has 0 saturated heterocycles. The summed E-state index contributed by atoms with van der Waals surface area (Å²) in [6.07, 6.45) is 33.0. The van der Waals surface area contributed by atoms with E-state index in [-0.39, 0.29) is 11.1 Å². The van der Waals surface area contributed by atoms with Crippen molar-refractivity contribution >= 4 is 11.9 Å². The van der Waals surface area contributed by atoms with Crippen LogP contribution in [0.4, 0.5) is 0 Å². The summed E-state index contributed by atoms with van der Waals surface area (Å²) in [5, 5.41) is 19.3. The lowest BCUT2D eigenvalue weighted by Gasteiger charge is -2.10. The van der Waals surface area contributed by atoms with Gasteiger partial charge in [-0.15, -0.1) is 0 Å². The molecule has 0 radical (unpaired) electrons. The Morgan fingerprint density at radius 1 is 0.342 bits per heavy atom. The summed E-state index contributed by atoms with van der Waals surface area (Å²) in [7, 11) is 0. The molecule has 4 nitrogen and oxygen atoms in total. The highest BCUT2D eigenvalue weighted by Crippen LogP contribution is 2.22. The monoisotopic (exact) mass is 536 g/mol. The van der Waals surface area contributed by atoms with Gasteiger partial charge >= 0.3 is 11.9 Å². The minimum Gasteiger partial charge on any atom is -0.478 e. The Morgan fingerprint density at radius 2 is 0.526 bits per heavy atom. The molecule has 0 amide bonds. The number of carboxylic acid groups (broad SMARTS) is 2. The molecule has 0 heterocycles. The first-order chi connectivity index (χ1) is 18.5. The molecule has 0 bridgehead atoms. The lowest BCUT2D eigenvalue weighted by Crippen LogP contribution is -2.12. The number of hydrogen-bond donors (Lipinski definition) is 2. The molecule has 0 aliphatic rings. The molecule has 38 heavy (non-hydrogen) atoms. The van der Waals surface area contributed by atoms with E-state index in [1.165, 1.54) is 128 Å². The van der Waals surface area contributed by atoms with Crippen LogP contribution in [0, 0.1) is 0 Å². The molecule has 0 unspecified atom stereocenters.